The van der Waals surface area contributed by atoms with Gasteiger partial charge in [0.15, 0.2) is 0 Å². The number of nitrogens with one attached hydrogen (secondary N) is 1. The molecule has 36 heavy (non-hydrogen) atoms. The van der Waals surface area contributed by atoms with E-state index >= 15 is 0 Å². The highest BCUT2D eigenvalue weighted by Gasteiger charge is 2.54. The van der Waals surface area contributed by atoms with Crippen molar-refractivity contribution in [2.75, 3.05) is 26.4 Å². The molecule has 4 aliphatic rings. The van der Waals surface area contributed by atoms with Crippen LogP contribution in [0.25, 0.3) is 0 Å². The molecule has 0 unspecified atom stereocenters. The molecule has 2 aromatic carbocycles. The van der Waals surface area contributed by atoms with E-state index in [0.717, 1.165) is 51.4 Å². The Balaban J connectivity index is 1.26. The number of hydrogen-bond acceptors (Lipinski definition) is 4. The maximum absolute atomic E-state index is 13.9. The minimum absolute atomic E-state index is 0.123. The van der Waals surface area contributed by atoms with Crippen molar-refractivity contribution in [2.24, 2.45) is 11.1 Å². The maximum atomic E-state index is 13.9. The van der Waals surface area contributed by atoms with Crippen molar-refractivity contribution < 1.29 is 18.7 Å². The van der Waals surface area contributed by atoms with Gasteiger partial charge in [-0.2, -0.15) is 0 Å². The Labute approximate surface area is 213 Å². The SMILES string of the molecule is NC/C(=C\F)COc1ccc(C23CCC(C(=O)NC4(c5ccccc5)CCOCC4)(CC2)CC3)cc1. The van der Waals surface area contributed by atoms with Crippen LogP contribution in [0.2, 0.25) is 0 Å². The van der Waals surface area contributed by atoms with Crippen molar-refractivity contribution in [1.82, 2.24) is 5.32 Å². The Morgan fingerprint density at radius 2 is 1.56 bits per heavy atom. The van der Waals surface area contributed by atoms with E-state index in [4.69, 9.17) is 15.2 Å². The number of nitrogens with two attached hydrogens (primary N) is 1. The van der Waals surface area contributed by atoms with Crippen LogP contribution in [0.15, 0.2) is 66.5 Å². The molecule has 1 aliphatic heterocycles. The highest BCUT2D eigenvalue weighted by molar-refractivity contribution is 5.84. The fourth-order valence-electron chi connectivity index (χ4n) is 6.49. The van der Waals surface area contributed by atoms with Crippen molar-refractivity contribution >= 4 is 5.91 Å². The smallest absolute Gasteiger partial charge is 0.226 e. The number of hydrogen-bond donors (Lipinski definition) is 2. The van der Waals surface area contributed by atoms with Crippen molar-refractivity contribution in [3.8, 4) is 5.75 Å². The molecule has 3 aliphatic carbocycles. The summed E-state index contributed by atoms with van der Waals surface area (Å²) in [6.07, 6.45) is 7.94. The van der Waals surface area contributed by atoms with Crippen molar-refractivity contribution in [3.63, 3.8) is 0 Å². The molecule has 6 rings (SSSR count). The van der Waals surface area contributed by atoms with Crippen LogP contribution in [0.3, 0.4) is 0 Å². The second-order valence-corrected chi connectivity index (χ2v) is 10.9. The molecule has 6 heteroatoms. The van der Waals surface area contributed by atoms with Gasteiger partial charge in [0, 0.05) is 30.7 Å². The molecule has 2 bridgehead atoms. The summed E-state index contributed by atoms with van der Waals surface area (Å²) in [6.45, 7) is 1.64. The molecule has 5 nitrogen and oxygen atoms in total. The lowest BCUT2D eigenvalue weighted by Crippen LogP contribution is -2.57. The van der Waals surface area contributed by atoms with Gasteiger partial charge in [-0.05, 0) is 80.0 Å². The predicted molar refractivity (Wildman–Crippen MR) is 138 cm³/mol. The number of carbonyl (C=O) groups excluding carboxylic acids is 1. The van der Waals surface area contributed by atoms with Crippen LogP contribution < -0.4 is 15.8 Å². The number of benzene rings is 2. The van der Waals surface area contributed by atoms with Gasteiger partial charge in [0.25, 0.3) is 0 Å². The maximum Gasteiger partial charge on any atom is 0.226 e. The number of amides is 1. The lowest BCUT2D eigenvalue weighted by molar-refractivity contribution is -0.141. The molecule has 3 N–H and O–H groups in total. The molecular weight excluding hydrogens is 455 g/mol. The molecule has 2 aromatic rings. The van der Waals surface area contributed by atoms with Crippen LogP contribution in [-0.4, -0.2) is 32.3 Å². The number of halogens is 1. The summed E-state index contributed by atoms with van der Waals surface area (Å²) >= 11 is 0. The summed E-state index contributed by atoms with van der Waals surface area (Å²) in [5.41, 5.74) is 7.94. The summed E-state index contributed by atoms with van der Waals surface area (Å²) in [7, 11) is 0. The van der Waals surface area contributed by atoms with E-state index in [2.05, 4.69) is 41.7 Å². The van der Waals surface area contributed by atoms with Crippen LogP contribution in [0.4, 0.5) is 4.39 Å². The normalized spacial score (nSPS) is 27.4. The molecule has 0 spiro atoms. The third-order valence-electron chi connectivity index (χ3n) is 9.06. The second-order valence-electron chi connectivity index (χ2n) is 10.9. The number of ether oxygens (including phenoxy) is 2. The highest BCUT2D eigenvalue weighted by atomic mass is 19.1. The van der Waals surface area contributed by atoms with E-state index in [0.29, 0.717) is 30.9 Å². The minimum Gasteiger partial charge on any atom is -0.489 e. The standard InChI is InChI=1S/C30H37FN2O3/c31-20-23(21-32)22-36-26-8-6-24(7-9-26)28-10-13-29(14-11-28,15-12-28)27(34)33-30(16-18-35-19-17-30)25-4-2-1-3-5-25/h1-9,20H,10-19,21-22,32H2,(H,33,34)/b23-20+. The third kappa shape index (κ3) is 4.69. The van der Waals surface area contributed by atoms with E-state index in [-0.39, 0.29) is 35.4 Å². The summed E-state index contributed by atoms with van der Waals surface area (Å²) in [6, 6.07) is 18.6. The van der Waals surface area contributed by atoms with Gasteiger partial charge in [-0.15, -0.1) is 0 Å². The topological polar surface area (TPSA) is 73.6 Å². The summed E-state index contributed by atoms with van der Waals surface area (Å²) in [4.78, 5) is 13.9. The monoisotopic (exact) mass is 492 g/mol. The van der Waals surface area contributed by atoms with E-state index in [1.807, 2.05) is 18.2 Å². The first-order chi connectivity index (χ1) is 17.5. The average Bonchev–Trinajstić information content (AvgIpc) is 2.96. The molecule has 1 amide bonds. The number of fused-ring (bicyclic) bond motifs is 3. The quantitative estimate of drug-likeness (QED) is 0.525. The highest BCUT2D eigenvalue weighted by Crippen LogP contribution is 2.58. The van der Waals surface area contributed by atoms with Gasteiger partial charge in [-0.3, -0.25) is 4.79 Å². The van der Waals surface area contributed by atoms with Crippen LogP contribution >= 0.6 is 0 Å². The number of rotatable bonds is 8. The molecule has 192 valence electrons. The fourth-order valence-corrected chi connectivity index (χ4v) is 6.49. The van der Waals surface area contributed by atoms with E-state index in [1.165, 1.54) is 11.1 Å². The van der Waals surface area contributed by atoms with Gasteiger partial charge >= 0.3 is 0 Å². The molecule has 4 fully saturated rings. The van der Waals surface area contributed by atoms with E-state index < -0.39 is 0 Å². The Kier molecular flexibility index (Phi) is 7.18. The van der Waals surface area contributed by atoms with Gasteiger partial charge in [0.1, 0.15) is 12.4 Å². The van der Waals surface area contributed by atoms with Crippen molar-refractivity contribution in [3.05, 3.63) is 77.6 Å². The summed E-state index contributed by atoms with van der Waals surface area (Å²) < 4.78 is 24.1. The first-order valence-electron chi connectivity index (χ1n) is 13.2. The van der Waals surface area contributed by atoms with Gasteiger partial charge in [0.2, 0.25) is 5.91 Å². The molecule has 0 aromatic heterocycles. The third-order valence-corrected chi connectivity index (χ3v) is 9.06. The second kappa shape index (κ2) is 10.3. The first-order valence-corrected chi connectivity index (χ1v) is 13.2. The van der Waals surface area contributed by atoms with Gasteiger partial charge < -0.3 is 20.5 Å². The fraction of sp³-hybridized carbons (Fsp3) is 0.500. The summed E-state index contributed by atoms with van der Waals surface area (Å²) in [5.74, 6) is 0.938. The zero-order chi connectivity index (χ0) is 25.1. The van der Waals surface area contributed by atoms with Crippen LogP contribution in [0.1, 0.15) is 62.5 Å². The lowest BCUT2D eigenvalue weighted by atomic mass is 9.51. The Morgan fingerprint density at radius 1 is 0.917 bits per heavy atom. The average molecular weight is 493 g/mol. The van der Waals surface area contributed by atoms with E-state index in [1.54, 1.807) is 0 Å². The van der Waals surface area contributed by atoms with Crippen molar-refractivity contribution in [1.29, 1.82) is 0 Å². The Hall–Kier alpha value is -2.70. The largest absolute Gasteiger partial charge is 0.489 e. The Bertz CT molecular complexity index is 1050. The predicted octanol–water partition coefficient (Wildman–Crippen LogP) is 5.29. The first kappa shape index (κ1) is 25.0. The molecular formula is C30H37FN2O3. The molecule has 1 saturated heterocycles. The zero-order valence-electron chi connectivity index (χ0n) is 20.9. The number of carbonyl (C=O) groups is 1. The van der Waals surface area contributed by atoms with Crippen LogP contribution in [0.5, 0.6) is 5.75 Å². The van der Waals surface area contributed by atoms with Gasteiger partial charge in [0.05, 0.1) is 11.9 Å². The van der Waals surface area contributed by atoms with Crippen molar-refractivity contribution in [2.45, 2.75) is 62.3 Å². The van der Waals surface area contributed by atoms with Gasteiger partial charge in [-0.25, -0.2) is 4.39 Å². The van der Waals surface area contributed by atoms with E-state index in [9.17, 15) is 9.18 Å². The minimum atomic E-state index is -0.339. The molecule has 0 radical (unpaired) electrons. The molecule has 0 atom stereocenters. The lowest BCUT2D eigenvalue weighted by Gasteiger charge is -2.54. The zero-order valence-corrected chi connectivity index (χ0v) is 20.9. The van der Waals surface area contributed by atoms with Crippen LogP contribution in [-0.2, 0) is 20.5 Å². The van der Waals surface area contributed by atoms with Gasteiger partial charge in [-0.1, -0.05) is 42.5 Å². The molecule has 3 saturated carbocycles. The molecule has 1 heterocycles. The van der Waals surface area contributed by atoms with Crippen LogP contribution in [0, 0.1) is 5.41 Å². The Morgan fingerprint density at radius 3 is 2.14 bits per heavy atom. The summed E-state index contributed by atoms with van der Waals surface area (Å²) in [5, 5.41) is 3.55.